The molecule has 0 spiro atoms. The molecule has 0 amide bonds. The summed E-state index contributed by atoms with van der Waals surface area (Å²) in [6, 6.07) is 4.69. The van der Waals surface area contributed by atoms with Crippen molar-refractivity contribution in [1.82, 2.24) is 9.88 Å². The smallest absolute Gasteiger partial charge is 0.250 e. The standard InChI is InChI=1S/C12H17N3O5S3/c1-9-8-11(14-20-9)15(22(3,16)17)7-6-13-23(18,19)12-5-4-10(2)21-12/h4-5,8,13H,6-7H2,1-3H3. The van der Waals surface area contributed by atoms with E-state index in [4.69, 9.17) is 4.52 Å². The van der Waals surface area contributed by atoms with Gasteiger partial charge in [-0.25, -0.2) is 25.9 Å². The van der Waals surface area contributed by atoms with Gasteiger partial charge < -0.3 is 4.52 Å². The van der Waals surface area contributed by atoms with Crippen molar-refractivity contribution in [2.24, 2.45) is 0 Å². The fraction of sp³-hybridized carbons (Fsp3) is 0.417. The average molecular weight is 379 g/mol. The molecule has 0 aliphatic carbocycles. The molecule has 0 atom stereocenters. The second-order valence-corrected chi connectivity index (χ2v) is 10.1. The first kappa shape index (κ1) is 17.9. The van der Waals surface area contributed by atoms with Crippen LogP contribution in [0, 0.1) is 13.8 Å². The fourth-order valence-corrected chi connectivity index (χ4v) is 5.03. The van der Waals surface area contributed by atoms with Crippen LogP contribution in [0.2, 0.25) is 0 Å². The maximum Gasteiger partial charge on any atom is 0.250 e. The first-order valence-electron chi connectivity index (χ1n) is 6.57. The quantitative estimate of drug-likeness (QED) is 0.771. The molecule has 128 valence electrons. The molecule has 0 saturated carbocycles. The van der Waals surface area contributed by atoms with Gasteiger partial charge in [0.2, 0.25) is 20.0 Å². The maximum absolute atomic E-state index is 12.1. The van der Waals surface area contributed by atoms with E-state index in [1.807, 2.05) is 6.92 Å². The number of hydrogen-bond donors (Lipinski definition) is 1. The number of anilines is 1. The summed E-state index contributed by atoms with van der Waals surface area (Å²) >= 11 is 1.15. The van der Waals surface area contributed by atoms with E-state index >= 15 is 0 Å². The predicted molar refractivity (Wildman–Crippen MR) is 87.7 cm³/mol. The van der Waals surface area contributed by atoms with Crippen LogP contribution in [0.1, 0.15) is 10.6 Å². The van der Waals surface area contributed by atoms with Crippen LogP contribution >= 0.6 is 11.3 Å². The Hall–Kier alpha value is -1.43. The van der Waals surface area contributed by atoms with Crippen LogP contribution in [0.15, 0.2) is 26.9 Å². The third-order valence-electron chi connectivity index (χ3n) is 2.86. The van der Waals surface area contributed by atoms with Gasteiger partial charge in [-0.2, -0.15) is 0 Å². The molecule has 0 unspecified atom stereocenters. The van der Waals surface area contributed by atoms with Crippen LogP contribution in [-0.4, -0.2) is 41.3 Å². The number of rotatable bonds is 7. The summed E-state index contributed by atoms with van der Waals surface area (Å²) in [5.41, 5.74) is 0. The van der Waals surface area contributed by atoms with Gasteiger partial charge in [0.15, 0.2) is 5.82 Å². The van der Waals surface area contributed by atoms with E-state index in [1.165, 1.54) is 12.1 Å². The van der Waals surface area contributed by atoms with Crippen molar-refractivity contribution in [2.45, 2.75) is 18.1 Å². The molecule has 11 heteroatoms. The molecule has 8 nitrogen and oxygen atoms in total. The number of aromatic nitrogens is 1. The van der Waals surface area contributed by atoms with Crippen molar-refractivity contribution in [2.75, 3.05) is 23.7 Å². The minimum atomic E-state index is -3.65. The molecule has 0 aromatic carbocycles. The molecular weight excluding hydrogens is 362 g/mol. The third kappa shape index (κ3) is 4.53. The lowest BCUT2D eigenvalue weighted by Crippen LogP contribution is -2.38. The molecule has 0 saturated heterocycles. The SMILES string of the molecule is Cc1cc(N(CCNS(=O)(=O)c2ccc(C)s2)S(C)(=O)=O)no1. The Kier molecular flexibility index (Phi) is 5.14. The topological polar surface area (TPSA) is 110 Å². The Morgan fingerprint density at radius 3 is 2.43 bits per heavy atom. The zero-order valence-corrected chi connectivity index (χ0v) is 15.3. The Morgan fingerprint density at radius 2 is 1.96 bits per heavy atom. The molecule has 0 radical (unpaired) electrons. The summed E-state index contributed by atoms with van der Waals surface area (Å²) in [7, 11) is -7.26. The van der Waals surface area contributed by atoms with Crippen molar-refractivity contribution in [3.05, 3.63) is 28.8 Å². The van der Waals surface area contributed by atoms with E-state index < -0.39 is 20.0 Å². The van der Waals surface area contributed by atoms with Crippen molar-refractivity contribution < 1.29 is 21.4 Å². The van der Waals surface area contributed by atoms with Crippen molar-refractivity contribution in [3.63, 3.8) is 0 Å². The van der Waals surface area contributed by atoms with Crippen molar-refractivity contribution in [1.29, 1.82) is 0 Å². The van der Waals surface area contributed by atoms with E-state index in [2.05, 4.69) is 9.88 Å². The van der Waals surface area contributed by atoms with Crippen molar-refractivity contribution in [3.8, 4) is 0 Å². The number of nitrogens with one attached hydrogen (secondary N) is 1. The zero-order chi connectivity index (χ0) is 17.3. The lowest BCUT2D eigenvalue weighted by Gasteiger charge is -2.19. The molecule has 2 heterocycles. The third-order valence-corrected chi connectivity index (χ3v) is 6.98. The van der Waals surface area contributed by atoms with Gasteiger partial charge in [-0.3, -0.25) is 0 Å². The van der Waals surface area contributed by atoms with E-state index in [0.717, 1.165) is 26.8 Å². The van der Waals surface area contributed by atoms with Gasteiger partial charge >= 0.3 is 0 Å². The molecule has 0 fully saturated rings. The van der Waals surface area contributed by atoms with Crippen LogP contribution < -0.4 is 9.03 Å². The molecule has 2 aromatic rings. The molecular formula is C12H17N3O5S3. The predicted octanol–water partition coefficient (Wildman–Crippen LogP) is 1.10. The molecule has 0 aliphatic rings. The lowest BCUT2D eigenvalue weighted by atomic mass is 10.5. The summed E-state index contributed by atoms with van der Waals surface area (Å²) in [6.45, 7) is 3.27. The monoisotopic (exact) mass is 379 g/mol. The van der Waals surface area contributed by atoms with Gasteiger partial charge in [0.25, 0.3) is 0 Å². The van der Waals surface area contributed by atoms with Crippen molar-refractivity contribution >= 4 is 37.2 Å². The van der Waals surface area contributed by atoms with Crippen LogP contribution in [0.5, 0.6) is 0 Å². The number of aryl methyl sites for hydroxylation is 2. The van der Waals surface area contributed by atoms with Crippen LogP contribution in [0.3, 0.4) is 0 Å². The second kappa shape index (κ2) is 6.59. The van der Waals surface area contributed by atoms with E-state index in [0.29, 0.717) is 5.76 Å². The minimum Gasteiger partial charge on any atom is -0.360 e. The molecule has 1 N–H and O–H groups in total. The first-order valence-corrected chi connectivity index (χ1v) is 10.7. The highest BCUT2D eigenvalue weighted by Gasteiger charge is 2.22. The summed E-state index contributed by atoms with van der Waals surface area (Å²) in [4.78, 5) is 0.876. The highest BCUT2D eigenvalue weighted by molar-refractivity contribution is 7.92. The summed E-state index contributed by atoms with van der Waals surface area (Å²) in [5.74, 6) is 0.583. The molecule has 23 heavy (non-hydrogen) atoms. The Labute approximate surface area is 139 Å². The average Bonchev–Trinajstić information content (AvgIpc) is 3.02. The van der Waals surface area contributed by atoms with Crippen LogP contribution in [-0.2, 0) is 20.0 Å². The normalized spacial score (nSPS) is 12.5. The van der Waals surface area contributed by atoms with Gasteiger partial charge in [-0.1, -0.05) is 5.16 Å². The van der Waals surface area contributed by atoms with Gasteiger partial charge in [0.1, 0.15) is 9.97 Å². The van der Waals surface area contributed by atoms with Gasteiger partial charge in [0.05, 0.1) is 6.26 Å². The van der Waals surface area contributed by atoms with Gasteiger partial charge in [-0.15, -0.1) is 11.3 Å². The fourth-order valence-electron chi connectivity index (χ4n) is 1.83. The largest absolute Gasteiger partial charge is 0.360 e. The number of hydrogen-bond acceptors (Lipinski definition) is 7. The highest BCUT2D eigenvalue weighted by atomic mass is 32.2. The Bertz CT molecular complexity index is 883. The molecule has 2 aromatic heterocycles. The van der Waals surface area contributed by atoms with Gasteiger partial charge in [0, 0.05) is 24.0 Å². The van der Waals surface area contributed by atoms with Crippen LogP contribution in [0.25, 0.3) is 0 Å². The molecule has 2 rings (SSSR count). The summed E-state index contributed by atoms with van der Waals surface area (Å²) in [5, 5.41) is 3.66. The highest BCUT2D eigenvalue weighted by Crippen LogP contribution is 2.20. The van der Waals surface area contributed by atoms with Crippen LogP contribution in [0.4, 0.5) is 5.82 Å². The first-order chi connectivity index (χ1) is 10.6. The van der Waals surface area contributed by atoms with E-state index in [-0.39, 0.29) is 23.1 Å². The van der Waals surface area contributed by atoms with Gasteiger partial charge in [-0.05, 0) is 26.0 Å². The second-order valence-electron chi connectivity index (χ2n) is 4.89. The maximum atomic E-state index is 12.1. The number of thiophene rings is 1. The zero-order valence-electron chi connectivity index (χ0n) is 12.8. The molecule has 0 bridgehead atoms. The Morgan fingerprint density at radius 1 is 1.26 bits per heavy atom. The summed E-state index contributed by atoms with van der Waals surface area (Å²) in [6.07, 6.45) is 1.02. The number of nitrogens with zero attached hydrogens (tertiary/aromatic N) is 2. The Balaban J connectivity index is 2.08. The minimum absolute atomic E-state index is 0.0851. The molecule has 0 aliphatic heterocycles. The summed E-state index contributed by atoms with van der Waals surface area (Å²) < 4.78 is 56.3. The van der Waals surface area contributed by atoms with E-state index in [1.54, 1.807) is 13.0 Å². The lowest BCUT2D eigenvalue weighted by molar-refractivity contribution is 0.398. The number of sulfonamides is 2. The van der Waals surface area contributed by atoms with E-state index in [9.17, 15) is 16.8 Å².